The largest absolute Gasteiger partial charge is 0.481 e. The van der Waals surface area contributed by atoms with Crippen LogP contribution >= 0.6 is 0 Å². The van der Waals surface area contributed by atoms with Crippen molar-refractivity contribution in [3.63, 3.8) is 0 Å². The van der Waals surface area contributed by atoms with Crippen molar-refractivity contribution in [2.24, 2.45) is 35.0 Å². The van der Waals surface area contributed by atoms with Crippen LogP contribution in [0.1, 0.15) is 20.3 Å². The highest BCUT2D eigenvalue weighted by Gasteiger charge is 2.84. The molecule has 2 nitrogen and oxygen atoms in total. The van der Waals surface area contributed by atoms with Crippen LogP contribution in [0, 0.1) is 35.0 Å². The Balaban J connectivity index is 2.09. The summed E-state index contributed by atoms with van der Waals surface area (Å²) < 4.78 is 0. The van der Waals surface area contributed by atoms with Crippen LogP contribution in [0.4, 0.5) is 0 Å². The number of aliphatic carboxylic acids is 1. The number of carboxylic acid groups (broad SMARTS) is 1. The normalized spacial score (nSPS) is 65.3. The van der Waals surface area contributed by atoms with E-state index in [-0.39, 0.29) is 5.41 Å². The summed E-state index contributed by atoms with van der Waals surface area (Å²) >= 11 is 0. The molecule has 12 heavy (non-hydrogen) atoms. The van der Waals surface area contributed by atoms with E-state index in [1.807, 2.05) is 0 Å². The highest BCUT2D eigenvalue weighted by molar-refractivity contribution is 5.82. The molecular weight excluding hydrogens is 152 g/mol. The van der Waals surface area contributed by atoms with Crippen LogP contribution in [-0.2, 0) is 4.79 Å². The van der Waals surface area contributed by atoms with E-state index in [1.54, 1.807) is 0 Å². The van der Waals surface area contributed by atoms with E-state index in [9.17, 15) is 9.90 Å². The second kappa shape index (κ2) is 1.57. The first-order valence-electron chi connectivity index (χ1n) is 4.85. The van der Waals surface area contributed by atoms with E-state index in [4.69, 9.17) is 0 Å². The van der Waals surface area contributed by atoms with E-state index >= 15 is 0 Å². The molecule has 0 amide bonds. The van der Waals surface area contributed by atoms with Crippen LogP contribution in [0.3, 0.4) is 0 Å². The SMILES string of the molecule is CC1C2CC3C1C3(C(=O)O)C2C. The second-order valence-electron chi connectivity index (χ2n) is 4.92. The lowest BCUT2D eigenvalue weighted by Gasteiger charge is -2.14. The Morgan fingerprint density at radius 2 is 2.17 bits per heavy atom. The fraction of sp³-hybridized carbons (Fsp3) is 0.900. The molecule has 4 saturated carbocycles. The Morgan fingerprint density at radius 1 is 1.50 bits per heavy atom. The molecule has 6 unspecified atom stereocenters. The van der Waals surface area contributed by atoms with Gasteiger partial charge in [-0.3, -0.25) is 4.79 Å². The molecular formula is C10H14O2. The molecule has 0 aromatic heterocycles. The molecule has 66 valence electrons. The molecule has 0 saturated heterocycles. The van der Waals surface area contributed by atoms with Gasteiger partial charge in [0.05, 0.1) is 5.41 Å². The van der Waals surface area contributed by atoms with Gasteiger partial charge in [0.25, 0.3) is 0 Å². The van der Waals surface area contributed by atoms with Gasteiger partial charge in [0.15, 0.2) is 0 Å². The van der Waals surface area contributed by atoms with Gasteiger partial charge < -0.3 is 5.11 Å². The van der Waals surface area contributed by atoms with Gasteiger partial charge >= 0.3 is 5.97 Å². The van der Waals surface area contributed by atoms with E-state index in [2.05, 4.69) is 13.8 Å². The second-order valence-corrected chi connectivity index (χ2v) is 4.92. The Labute approximate surface area is 72.0 Å². The zero-order valence-electron chi connectivity index (χ0n) is 7.45. The molecule has 4 rings (SSSR count). The Bertz CT molecular complexity index is 269. The van der Waals surface area contributed by atoms with E-state index < -0.39 is 5.97 Å². The summed E-state index contributed by atoms with van der Waals surface area (Å²) in [4.78, 5) is 11.2. The molecule has 4 bridgehead atoms. The maximum absolute atomic E-state index is 11.2. The van der Waals surface area contributed by atoms with Crippen molar-refractivity contribution < 1.29 is 9.90 Å². The molecule has 0 spiro atoms. The highest BCUT2D eigenvalue weighted by Crippen LogP contribution is 2.83. The van der Waals surface area contributed by atoms with Gasteiger partial charge in [-0.15, -0.1) is 0 Å². The Kier molecular flexibility index (Phi) is 0.906. The predicted molar refractivity (Wildman–Crippen MR) is 43.5 cm³/mol. The summed E-state index contributed by atoms with van der Waals surface area (Å²) in [5.41, 5.74) is -0.260. The third-order valence-corrected chi connectivity index (χ3v) is 5.02. The molecule has 2 heteroatoms. The van der Waals surface area contributed by atoms with Crippen LogP contribution in [0.5, 0.6) is 0 Å². The van der Waals surface area contributed by atoms with Crippen LogP contribution in [-0.4, -0.2) is 11.1 Å². The monoisotopic (exact) mass is 166 g/mol. The first-order chi connectivity index (χ1) is 5.61. The summed E-state index contributed by atoms with van der Waals surface area (Å²) in [7, 11) is 0. The average molecular weight is 166 g/mol. The van der Waals surface area contributed by atoms with E-state index in [0.717, 1.165) is 5.92 Å². The lowest BCUT2D eigenvalue weighted by Crippen LogP contribution is -2.22. The molecule has 0 aromatic rings. The first kappa shape index (κ1) is 6.93. The zero-order chi connectivity index (χ0) is 8.67. The van der Waals surface area contributed by atoms with Gasteiger partial charge in [-0.1, -0.05) is 13.8 Å². The number of hydrogen-bond acceptors (Lipinski definition) is 1. The van der Waals surface area contributed by atoms with Crippen LogP contribution < -0.4 is 0 Å². The van der Waals surface area contributed by atoms with Gasteiger partial charge in [0.1, 0.15) is 0 Å². The minimum atomic E-state index is -0.517. The van der Waals surface area contributed by atoms with Crippen molar-refractivity contribution in [3.8, 4) is 0 Å². The van der Waals surface area contributed by atoms with Gasteiger partial charge in [0, 0.05) is 0 Å². The Morgan fingerprint density at radius 3 is 2.33 bits per heavy atom. The lowest BCUT2D eigenvalue weighted by molar-refractivity contribution is -0.145. The van der Waals surface area contributed by atoms with E-state index in [1.165, 1.54) is 6.42 Å². The molecule has 1 N–H and O–H groups in total. The standard InChI is InChI=1S/C10H14O2/c1-4-6-3-7-8(4)10(7,5(6)2)9(11)12/h4-8H,3H2,1-2H3,(H,11,12). The lowest BCUT2D eigenvalue weighted by atomic mass is 9.90. The number of rotatable bonds is 1. The fourth-order valence-corrected chi connectivity index (χ4v) is 4.58. The molecule has 4 aliphatic carbocycles. The van der Waals surface area contributed by atoms with Gasteiger partial charge in [-0.2, -0.15) is 0 Å². The van der Waals surface area contributed by atoms with Crippen molar-refractivity contribution in [2.75, 3.05) is 0 Å². The summed E-state index contributed by atoms with van der Waals surface area (Å²) in [6, 6.07) is 0. The average Bonchev–Trinajstić information content (AvgIpc) is 2.29. The fourth-order valence-electron chi connectivity index (χ4n) is 4.58. The van der Waals surface area contributed by atoms with E-state index in [0.29, 0.717) is 23.7 Å². The van der Waals surface area contributed by atoms with Crippen LogP contribution in [0.15, 0.2) is 0 Å². The topological polar surface area (TPSA) is 37.3 Å². The predicted octanol–water partition coefficient (Wildman–Crippen LogP) is 1.61. The van der Waals surface area contributed by atoms with Crippen molar-refractivity contribution in [3.05, 3.63) is 0 Å². The molecule has 4 aliphatic rings. The summed E-state index contributed by atoms with van der Waals surface area (Å²) in [5, 5.41) is 9.20. The minimum absolute atomic E-state index is 0.260. The molecule has 0 aromatic carbocycles. The third kappa shape index (κ3) is 0.395. The maximum Gasteiger partial charge on any atom is 0.310 e. The molecule has 0 aliphatic heterocycles. The summed E-state index contributed by atoms with van der Waals surface area (Å²) in [6.07, 6.45) is 1.19. The van der Waals surface area contributed by atoms with Crippen molar-refractivity contribution in [1.29, 1.82) is 0 Å². The van der Waals surface area contributed by atoms with Crippen molar-refractivity contribution in [2.45, 2.75) is 20.3 Å². The maximum atomic E-state index is 11.2. The zero-order valence-corrected chi connectivity index (χ0v) is 7.45. The molecule has 0 radical (unpaired) electrons. The van der Waals surface area contributed by atoms with Crippen molar-refractivity contribution in [1.82, 2.24) is 0 Å². The molecule has 0 heterocycles. The summed E-state index contributed by atoms with van der Waals surface area (Å²) in [6.45, 7) is 4.38. The van der Waals surface area contributed by atoms with Crippen molar-refractivity contribution >= 4 is 5.97 Å². The molecule has 4 fully saturated rings. The summed E-state index contributed by atoms with van der Waals surface area (Å²) in [5.74, 6) is 2.41. The number of carboxylic acids is 1. The highest BCUT2D eigenvalue weighted by atomic mass is 16.4. The molecule has 6 atom stereocenters. The van der Waals surface area contributed by atoms with Gasteiger partial charge in [-0.25, -0.2) is 0 Å². The third-order valence-electron chi connectivity index (χ3n) is 5.02. The van der Waals surface area contributed by atoms with Gasteiger partial charge in [0.2, 0.25) is 0 Å². The number of hydrogen-bond donors (Lipinski definition) is 1. The van der Waals surface area contributed by atoms with Crippen LogP contribution in [0.25, 0.3) is 0 Å². The minimum Gasteiger partial charge on any atom is -0.481 e. The quantitative estimate of drug-likeness (QED) is 0.642. The number of carbonyl (C=O) groups is 1. The Hall–Kier alpha value is -0.530. The van der Waals surface area contributed by atoms with Crippen LogP contribution in [0.2, 0.25) is 0 Å². The smallest absolute Gasteiger partial charge is 0.310 e. The van der Waals surface area contributed by atoms with Gasteiger partial charge in [-0.05, 0) is 36.0 Å². The first-order valence-corrected chi connectivity index (χ1v) is 4.85.